The van der Waals surface area contributed by atoms with Crippen LogP contribution >= 0.6 is 0 Å². The van der Waals surface area contributed by atoms with Gasteiger partial charge in [-0.15, -0.1) is 0 Å². The predicted octanol–water partition coefficient (Wildman–Crippen LogP) is 1.75. The standard InChI is InChI=1S/C13H14O4/c14-13(9-4-2-1-3-5-9)17-10-6-11-8-15-12(7-10)16-11/h1-5,10-12H,6-8H2/t10-,11+,12-/m1/s1. The van der Waals surface area contributed by atoms with Crippen molar-refractivity contribution in [2.75, 3.05) is 6.61 Å². The number of ether oxygens (including phenoxy) is 3. The Hall–Kier alpha value is -1.39. The zero-order valence-electron chi connectivity index (χ0n) is 9.37. The maximum absolute atomic E-state index is 11.8. The molecular formula is C13H14O4. The smallest absolute Gasteiger partial charge is 0.338 e. The summed E-state index contributed by atoms with van der Waals surface area (Å²) in [6, 6.07) is 9.04. The molecular weight excluding hydrogens is 220 g/mol. The Morgan fingerprint density at radius 2 is 2.06 bits per heavy atom. The largest absolute Gasteiger partial charge is 0.458 e. The van der Waals surface area contributed by atoms with Gasteiger partial charge in [0, 0.05) is 12.8 Å². The molecule has 3 rings (SSSR count). The quantitative estimate of drug-likeness (QED) is 0.731. The number of hydrogen-bond donors (Lipinski definition) is 0. The van der Waals surface area contributed by atoms with Gasteiger partial charge in [0.05, 0.1) is 18.3 Å². The third-order valence-corrected chi connectivity index (χ3v) is 3.08. The molecule has 90 valence electrons. The van der Waals surface area contributed by atoms with Gasteiger partial charge >= 0.3 is 5.97 Å². The van der Waals surface area contributed by atoms with Crippen LogP contribution in [0.15, 0.2) is 30.3 Å². The van der Waals surface area contributed by atoms with E-state index in [9.17, 15) is 4.79 Å². The number of carbonyl (C=O) groups excluding carboxylic acids is 1. The Bertz CT molecular complexity index is 391. The SMILES string of the molecule is O=C(O[C@@H]1C[C@H]2CO[C@@H](C1)O2)c1ccccc1. The van der Waals surface area contributed by atoms with Crippen molar-refractivity contribution in [1.82, 2.24) is 0 Å². The molecule has 0 saturated carbocycles. The fraction of sp³-hybridized carbons (Fsp3) is 0.462. The summed E-state index contributed by atoms with van der Waals surface area (Å²) in [4.78, 5) is 11.8. The van der Waals surface area contributed by atoms with Crippen molar-refractivity contribution in [1.29, 1.82) is 0 Å². The first-order valence-corrected chi connectivity index (χ1v) is 5.84. The molecule has 2 aliphatic rings. The second-order valence-electron chi connectivity index (χ2n) is 4.39. The normalized spacial score (nSPS) is 31.2. The van der Waals surface area contributed by atoms with E-state index in [0.29, 0.717) is 18.6 Å². The van der Waals surface area contributed by atoms with Gasteiger partial charge in [0.15, 0.2) is 6.29 Å². The molecule has 2 bridgehead atoms. The molecule has 0 radical (unpaired) electrons. The first-order valence-electron chi connectivity index (χ1n) is 5.84. The molecule has 2 fully saturated rings. The molecule has 17 heavy (non-hydrogen) atoms. The molecule has 4 heteroatoms. The number of hydrogen-bond acceptors (Lipinski definition) is 4. The van der Waals surface area contributed by atoms with Crippen LogP contribution in [0.1, 0.15) is 23.2 Å². The Morgan fingerprint density at radius 3 is 2.82 bits per heavy atom. The molecule has 0 spiro atoms. The summed E-state index contributed by atoms with van der Waals surface area (Å²) in [6.07, 6.45) is 1.17. The lowest BCUT2D eigenvalue weighted by molar-refractivity contribution is -0.118. The third kappa shape index (κ3) is 2.33. The lowest BCUT2D eigenvalue weighted by Gasteiger charge is -2.26. The molecule has 2 heterocycles. The zero-order chi connectivity index (χ0) is 11.7. The lowest BCUT2D eigenvalue weighted by Crippen LogP contribution is -2.32. The van der Waals surface area contributed by atoms with E-state index in [1.807, 2.05) is 18.2 Å². The first-order chi connectivity index (χ1) is 8.31. The minimum absolute atomic E-state index is 0.0855. The van der Waals surface area contributed by atoms with Gasteiger partial charge in [0.2, 0.25) is 0 Å². The molecule has 1 aromatic rings. The Kier molecular flexibility index (Phi) is 2.82. The number of rotatable bonds is 2. The molecule has 0 unspecified atom stereocenters. The summed E-state index contributed by atoms with van der Waals surface area (Å²) < 4.78 is 16.3. The van der Waals surface area contributed by atoms with E-state index in [4.69, 9.17) is 14.2 Å². The van der Waals surface area contributed by atoms with E-state index >= 15 is 0 Å². The fourth-order valence-corrected chi connectivity index (χ4v) is 2.25. The van der Waals surface area contributed by atoms with E-state index in [-0.39, 0.29) is 24.5 Å². The topological polar surface area (TPSA) is 44.8 Å². The third-order valence-electron chi connectivity index (χ3n) is 3.08. The Labute approximate surface area is 99.5 Å². The fourth-order valence-electron chi connectivity index (χ4n) is 2.25. The summed E-state index contributed by atoms with van der Waals surface area (Å²) in [5.41, 5.74) is 0.590. The van der Waals surface area contributed by atoms with E-state index in [1.165, 1.54) is 0 Å². The molecule has 0 aromatic heterocycles. The Balaban J connectivity index is 1.62. The molecule has 4 nitrogen and oxygen atoms in total. The highest BCUT2D eigenvalue weighted by Crippen LogP contribution is 2.29. The van der Waals surface area contributed by atoms with E-state index < -0.39 is 0 Å². The lowest BCUT2D eigenvalue weighted by atomic mass is 10.1. The van der Waals surface area contributed by atoms with Crippen LogP contribution in [0.4, 0.5) is 0 Å². The molecule has 0 N–H and O–H groups in total. The molecule has 1 aromatic carbocycles. The number of esters is 1. The van der Waals surface area contributed by atoms with Crippen LogP contribution in [0.3, 0.4) is 0 Å². The number of benzene rings is 1. The number of fused-ring (bicyclic) bond motifs is 2. The van der Waals surface area contributed by atoms with E-state index in [2.05, 4.69) is 0 Å². The maximum atomic E-state index is 11.8. The van der Waals surface area contributed by atoms with Gasteiger partial charge in [0.25, 0.3) is 0 Å². The summed E-state index contributed by atoms with van der Waals surface area (Å²) in [5, 5.41) is 0. The average Bonchev–Trinajstić information content (AvgIpc) is 2.70. The zero-order valence-corrected chi connectivity index (χ0v) is 9.37. The van der Waals surface area contributed by atoms with Crippen molar-refractivity contribution in [2.45, 2.75) is 31.3 Å². The van der Waals surface area contributed by atoms with Crippen molar-refractivity contribution >= 4 is 5.97 Å². The van der Waals surface area contributed by atoms with Crippen LogP contribution in [0, 0.1) is 0 Å². The van der Waals surface area contributed by atoms with Crippen molar-refractivity contribution < 1.29 is 19.0 Å². The van der Waals surface area contributed by atoms with Gasteiger partial charge in [0.1, 0.15) is 6.10 Å². The summed E-state index contributed by atoms with van der Waals surface area (Å²) in [6.45, 7) is 0.615. The molecule has 2 saturated heterocycles. The second-order valence-corrected chi connectivity index (χ2v) is 4.39. The molecule has 2 aliphatic heterocycles. The van der Waals surface area contributed by atoms with Gasteiger partial charge in [-0.25, -0.2) is 4.79 Å². The highest BCUT2D eigenvalue weighted by atomic mass is 16.7. The molecule has 0 aliphatic carbocycles. The number of carbonyl (C=O) groups is 1. The van der Waals surface area contributed by atoms with Gasteiger partial charge in [-0.2, -0.15) is 0 Å². The second kappa shape index (κ2) is 4.47. The molecule has 3 atom stereocenters. The predicted molar refractivity (Wildman–Crippen MR) is 59.5 cm³/mol. The summed E-state index contributed by atoms with van der Waals surface area (Å²) in [7, 11) is 0. The van der Waals surface area contributed by atoms with Crippen LogP contribution in [0.25, 0.3) is 0 Å². The van der Waals surface area contributed by atoms with Crippen molar-refractivity contribution in [3.63, 3.8) is 0 Å². The van der Waals surface area contributed by atoms with Crippen molar-refractivity contribution in [3.8, 4) is 0 Å². The minimum atomic E-state index is -0.267. The minimum Gasteiger partial charge on any atom is -0.458 e. The van der Waals surface area contributed by atoms with Crippen molar-refractivity contribution in [3.05, 3.63) is 35.9 Å². The Morgan fingerprint density at radius 1 is 1.24 bits per heavy atom. The summed E-state index contributed by atoms with van der Waals surface area (Å²) in [5.74, 6) is -0.267. The molecule has 0 amide bonds. The van der Waals surface area contributed by atoms with Crippen molar-refractivity contribution in [2.24, 2.45) is 0 Å². The van der Waals surface area contributed by atoms with Crippen LogP contribution < -0.4 is 0 Å². The van der Waals surface area contributed by atoms with E-state index in [1.54, 1.807) is 12.1 Å². The van der Waals surface area contributed by atoms with Gasteiger partial charge in [-0.3, -0.25) is 0 Å². The van der Waals surface area contributed by atoms with Crippen LogP contribution in [-0.2, 0) is 14.2 Å². The van der Waals surface area contributed by atoms with Gasteiger partial charge < -0.3 is 14.2 Å². The monoisotopic (exact) mass is 234 g/mol. The van der Waals surface area contributed by atoms with Crippen LogP contribution in [0.5, 0.6) is 0 Å². The average molecular weight is 234 g/mol. The highest BCUT2D eigenvalue weighted by molar-refractivity contribution is 5.89. The van der Waals surface area contributed by atoms with Gasteiger partial charge in [-0.1, -0.05) is 18.2 Å². The van der Waals surface area contributed by atoms with Crippen LogP contribution in [0.2, 0.25) is 0 Å². The van der Waals surface area contributed by atoms with Crippen LogP contribution in [-0.4, -0.2) is 31.1 Å². The summed E-state index contributed by atoms with van der Waals surface area (Å²) >= 11 is 0. The highest BCUT2D eigenvalue weighted by Gasteiger charge is 2.37. The maximum Gasteiger partial charge on any atom is 0.338 e. The first kappa shape index (κ1) is 10.7. The van der Waals surface area contributed by atoms with Gasteiger partial charge in [-0.05, 0) is 12.1 Å². The van der Waals surface area contributed by atoms with E-state index in [0.717, 1.165) is 6.42 Å².